The van der Waals surface area contributed by atoms with E-state index in [9.17, 15) is 13.6 Å². The topological polar surface area (TPSA) is 35.5 Å². The summed E-state index contributed by atoms with van der Waals surface area (Å²) in [6.45, 7) is 4.48. The highest BCUT2D eigenvalue weighted by Crippen LogP contribution is 2.29. The number of carbonyl (C=O) groups excluding carboxylic acids is 1. The third-order valence-corrected chi connectivity index (χ3v) is 6.09. The molecule has 5 heteroatoms. The van der Waals surface area contributed by atoms with Crippen LogP contribution in [0.1, 0.15) is 75.6 Å². The Morgan fingerprint density at radius 1 is 0.714 bits per heavy atom. The Labute approximate surface area is 250 Å². The van der Waals surface area contributed by atoms with Crippen LogP contribution in [0.5, 0.6) is 5.75 Å². The van der Waals surface area contributed by atoms with E-state index in [2.05, 4.69) is 79.8 Å². The lowest BCUT2D eigenvalue weighted by atomic mass is 10.0. The van der Waals surface area contributed by atoms with Gasteiger partial charge in [-0.15, -0.1) is 0 Å². The highest BCUT2D eigenvalue weighted by atomic mass is 19.1. The largest absolute Gasteiger partial charge is 0.493 e. The van der Waals surface area contributed by atoms with Gasteiger partial charge in [-0.25, -0.2) is 13.6 Å². The summed E-state index contributed by atoms with van der Waals surface area (Å²) in [5.41, 5.74) is 0.860. The number of halogens is 2. The maximum Gasteiger partial charge on any atom is 0.341 e. The lowest BCUT2D eigenvalue weighted by Gasteiger charge is -2.13. The number of unbranched alkanes of at least 4 members (excludes halogenated alkanes) is 1. The third-order valence-electron chi connectivity index (χ3n) is 6.09. The Hall–Kier alpha value is -3.99. The van der Waals surface area contributed by atoms with Crippen molar-refractivity contribution in [3.63, 3.8) is 0 Å². The van der Waals surface area contributed by atoms with Crippen molar-refractivity contribution >= 4 is 5.97 Å². The van der Waals surface area contributed by atoms with Gasteiger partial charge in [-0.3, -0.25) is 0 Å². The van der Waals surface area contributed by atoms with Crippen LogP contribution in [0, 0.1) is 11.6 Å². The third kappa shape index (κ3) is 14.1. The van der Waals surface area contributed by atoms with Crippen molar-refractivity contribution in [3.8, 4) is 16.9 Å². The Morgan fingerprint density at radius 3 is 1.83 bits per heavy atom. The summed E-state index contributed by atoms with van der Waals surface area (Å²) in [7, 11) is 0. The standard InChI is InChI=1S/C37H44F2O3/c1-3-5-6-7-8-9-10-11-12-13-14-15-16-17-18-19-20-21-22-23-28-42-36-27-24-31(29-34(36)37(40)41-4-2)33-26-25-32(38)30-35(33)39/h5-6,8-9,11-12,14-15,17-18,20-21,24-27,29-30H,3-4,7,10,13,16,19,22-23,28H2,1-2H3/b6-5-,9-8-,12-11-,15-14-,18-17-,21-20-. The summed E-state index contributed by atoms with van der Waals surface area (Å²) in [5, 5.41) is 0. The van der Waals surface area contributed by atoms with Gasteiger partial charge in [-0.05, 0) is 88.1 Å². The van der Waals surface area contributed by atoms with Gasteiger partial charge in [-0.2, -0.15) is 0 Å². The van der Waals surface area contributed by atoms with Gasteiger partial charge in [0.15, 0.2) is 0 Å². The number of hydrogen-bond acceptors (Lipinski definition) is 3. The molecule has 0 fully saturated rings. The number of esters is 1. The molecule has 0 heterocycles. The molecule has 0 aliphatic rings. The van der Waals surface area contributed by atoms with Crippen molar-refractivity contribution in [3.05, 3.63) is 127 Å². The second-order valence-electron chi connectivity index (χ2n) is 9.46. The van der Waals surface area contributed by atoms with Gasteiger partial charge in [0.05, 0.1) is 13.2 Å². The molecule has 0 aromatic heterocycles. The molecular weight excluding hydrogens is 530 g/mol. The molecule has 0 atom stereocenters. The molecule has 0 radical (unpaired) electrons. The number of allylic oxidation sites excluding steroid dienone is 12. The molecule has 0 bridgehead atoms. The van der Waals surface area contributed by atoms with Crippen LogP contribution in [0.4, 0.5) is 8.78 Å². The first-order valence-electron chi connectivity index (χ1n) is 14.9. The van der Waals surface area contributed by atoms with Gasteiger partial charge in [0.1, 0.15) is 22.9 Å². The summed E-state index contributed by atoms with van der Waals surface area (Å²) in [6.07, 6.45) is 33.6. The van der Waals surface area contributed by atoms with Crippen molar-refractivity contribution in [1.82, 2.24) is 0 Å². The Bertz CT molecular complexity index is 1250. The molecule has 0 saturated carbocycles. The van der Waals surface area contributed by atoms with Gasteiger partial charge in [0, 0.05) is 11.6 Å². The van der Waals surface area contributed by atoms with Crippen LogP contribution < -0.4 is 4.74 Å². The molecular formula is C37H44F2O3. The van der Waals surface area contributed by atoms with Gasteiger partial charge in [0.25, 0.3) is 0 Å². The van der Waals surface area contributed by atoms with Crippen molar-refractivity contribution in [1.29, 1.82) is 0 Å². The molecule has 0 saturated heterocycles. The lowest BCUT2D eigenvalue weighted by molar-refractivity contribution is 0.0521. The summed E-state index contributed by atoms with van der Waals surface area (Å²) < 4.78 is 38.6. The predicted octanol–water partition coefficient (Wildman–Crippen LogP) is 10.7. The zero-order chi connectivity index (χ0) is 30.3. The van der Waals surface area contributed by atoms with Gasteiger partial charge in [-0.1, -0.05) is 85.9 Å². The molecule has 0 amide bonds. The number of ether oxygens (including phenoxy) is 2. The molecule has 3 nitrogen and oxygen atoms in total. The van der Waals surface area contributed by atoms with E-state index in [1.54, 1.807) is 19.1 Å². The minimum Gasteiger partial charge on any atom is -0.493 e. The quantitative estimate of drug-likeness (QED) is 0.0951. The first-order valence-corrected chi connectivity index (χ1v) is 14.9. The Balaban J connectivity index is 1.68. The summed E-state index contributed by atoms with van der Waals surface area (Å²) in [5.74, 6) is -1.53. The first kappa shape index (κ1) is 34.2. The molecule has 0 aliphatic carbocycles. The Kier molecular flexibility index (Phi) is 17.7. The van der Waals surface area contributed by atoms with Crippen LogP contribution in [-0.4, -0.2) is 19.2 Å². The van der Waals surface area contributed by atoms with Crippen molar-refractivity contribution in [2.75, 3.05) is 13.2 Å². The maximum absolute atomic E-state index is 14.3. The van der Waals surface area contributed by atoms with Crippen LogP contribution in [0.15, 0.2) is 109 Å². The van der Waals surface area contributed by atoms with Gasteiger partial charge >= 0.3 is 5.97 Å². The van der Waals surface area contributed by atoms with E-state index in [-0.39, 0.29) is 17.7 Å². The fourth-order valence-electron chi connectivity index (χ4n) is 3.94. The van der Waals surface area contributed by atoms with E-state index in [1.165, 1.54) is 18.2 Å². The van der Waals surface area contributed by atoms with Gasteiger partial charge < -0.3 is 9.47 Å². The molecule has 2 rings (SSSR count). The van der Waals surface area contributed by atoms with Crippen LogP contribution in [0.2, 0.25) is 0 Å². The fraction of sp³-hybridized carbons (Fsp3) is 0.324. The summed E-state index contributed by atoms with van der Waals surface area (Å²) >= 11 is 0. The highest BCUT2D eigenvalue weighted by Gasteiger charge is 2.17. The van der Waals surface area contributed by atoms with Crippen molar-refractivity contribution in [2.24, 2.45) is 0 Å². The van der Waals surface area contributed by atoms with Crippen LogP contribution in [-0.2, 0) is 4.74 Å². The minimum absolute atomic E-state index is 0.200. The second-order valence-corrected chi connectivity index (χ2v) is 9.46. The molecule has 0 unspecified atom stereocenters. The Morgan fingerprint density at radius 2 is 1.29 bits per heavy atom. The average molecular weight is 575 g/mol. The van der Waals surface area contributed by atoms with E-state index >= 15 is 0 Å². The van der Waals surface area contributed by atoms with Crippen molar-refractivity contribution in [2.45, 2.75) is 65.2 Å². The van der Waals surface area contributed by atoms with E-state index in [0.717, 1.165) is 57.4 Å². The van der Waals surface area contributed by atoms with Crippen LogP contribution in [0.25, 0.3) is 11.1 Å². The predicted molar refractivity (Wildman–Crippen MR) is 171 cm³/mol. The molecule has 42 heavy (non-hydrogen) atoms. The molecule has 0 N–H and O–H groups in total. The van der Waals surface area contributed by atoms with Crippen molar-refractivity contribution < 1.29 is 23.0 Å². The van der Waals surface area contributed by atoms with Crippen LogP contribution in [0.3, 0.4) is 0 Å². The van der Waals surface area contributed by atoms with E-state index in [0.29, 0.717) is 17.9 Å². The highest BCUT2D eigenvalue weighted by molar-refractivity contribution is 5.94. The number of rotatable bonds is 19. The fourth-order valence-corrected chi connectivity index (χ4v) is 3.94. The molecule has 0 spiro atoms. The monoisotopic (exact) mass is 574 g/mol. The van der Waals surface area contributed by atoms with E-state index in [4.69, 9.17) is 9.47 Å². The minimum atomic E-state index is -0.699. The SMILES string of the molecule is CC/C=C\C/C=C\C/C=C\C/C=C\C/C=C\C/C=C\CCCOc1ccc(-c2ccc(F)cc2F)cc1C(=O)OCC. The maximum atomic E-state index is 14.3. The van der Waals surface area contributed by atoms with E-state index < -0.39 is 17.6 Å². The number of benzene rings is 2. The molecule has 224 valence electrons. The second kappa shape index (κ2) is 21.7. The number of hydrogen-bond donors (Lipinski definition) is 0. The molecule has 2 aromatic carbocycles. The van der Waals surface area contributed by atoms with E-state index in [1.807, 2.05) is 0 Å². The summed E-state index contributed by atoms with van der Waals surface area (Å²) in [4.78, 5) is 12.5. The zero-order valence-corrected chi connectivity index (χ0v) is 24.9. The molecule has 0 aliphatic heterocycles. The smallest absolute Gasteiger partial charge is 0.341 e. The number of carbonyl (C=O) groups is 1. The first-order chi connectivity index (χ1) is 20.6. The van der Waals surface area contributed by atoms with Gasteiger partial charge in [0.2, 0.25) is 0 Å². The lowest BCUT2D eigenvalue weighted by Crippen LogP contribution is -2.09. The zero-order valence-electron chi connectivity index (χ0n) is 24.9. The normalized spacial score (nSPS) is 12.3. The average Bonchev–Trinajstić information content (AvgIpc) is 2.98. The van der Waals surface area contributed by atoms with Crippen LogP contribution >= 0.6 is 0 Å². The summed E-state index contributed by atoms with van der Waals surface area (Å²) in [6, 6.07) is 8.15. The molecule has 2 aromatic rings.